The average molecular weight is 460 g/mol. The van der Waals surface area contributed by atoms with Gasteiger partial charge < -0.3 is 20.2 Å². The lowest BCUT2D eigenvalue weighted by atomic mass is 10.0. The number of nitrogens with zero attached hydrogens (tertiary/aromatic N) is 2. The highest BCUT2D eigenvalue weighted by Gasteiger charge is 2.51. The monoisotopic (exact) mass is 459 g/mol. The fourth-order valence-electron chi connectivity index (χ4n) is 4.11. The zero-order valence-electron chi connectivity index (χ0n) is 17.3. The molecule has 0 radical (unpaired) electrons. The summed E-state index contributed by atoms with van der Waals surface area (Å²) < 4.78 is 13.5. The zero-order valence-corrected chi connectivity index (χ0v) is 18.1. The zero-order chi connectivity index (χ0) is 22.9. The van der Waals surface area contributed by atoms with Crippen molar-refractivity contribution in [3.8, 4) is 0 Å². The molecule has 7 nitrogen and oxygen atoms in total. The van der Waals surface area contributed by atoms with Crippen molar-refractivity contribution in [2.45, 2.75) is 31.4 Å². The minimum absolute atomic E-state index is 0.0915. The Morgan fingerprint density at radius 2 is 1.88 bits per heavy atom. The van der Waals surface area contributed by atoms with Crippen molar-refractivity contribution in [1.82, 2.24) is 10.2 Å². The van der Waals surface area contributed by atoms with Gasteiger partial charge in [-0.05, 0) is 54.8 Å². The Labute approximate surface area is 189 Å². The number of anilines is 1. The lowest BCUT2D eigenvalue weighted by Gasteiger charge is -2.22. The number of hydrogen-bond acceptors (Lipinski definition) is 4. The highest BCUT2D eigenvalue weighted by Crippen LogP contribution is 2.30. The van der Waals surface area contributed by atoms with Gasteiger partial charge in [0.25, 0.3) is 17.7 Å². The van der Waals surface area contributed by atoms with E-state index in [-0.39, 0.29) is 30.4 Å². The molecule has 4 rings (SSSR count). The van der Waals surface area contributed by atoms with Gasteiger partial charge in [-0.2, -0.15) is 0 Å². The molecule has 0 unspecified atom stereocenters. The first-order valence-electron chi connectivity index (χ1n) is 10.4. The molecule has 0 spiro atoms. The van der Waals surface area contributed by atoms with Crippen LogP contribution in [0.2, 0.25) is 5.02 Å². The maximum atomic E-state index is 13.5. The Kier molecular flexibility index (Phi) is 6.17. The molecule has 2 fully saturated rings. The Morgan fingerprint density at radius 1 is 1.12 bits per heavy atom. The number of benzene rings is 2. The summed E-state index contributed by atoms with van der Waals surface area (Å²) in [5, 5.41) is 13.5. The van der Waals surface area contributed by atoms with Gasteiger partial charge in [-0.3, -0.25) is 14.4 Å². The van der Waals surface area contributed by atoms with E-state index >= 15 is 0 Å². The lowest BCUT2D eigenvalue weighted by Crippen LogP contribution is -2.52. The molecular formula is C23H23ClFN3O4. The first-order chi connectivity index (χ1) is 15.3. The van der Waals surface area contributed by atoms with Gasteiger partial charge in [0.05, 0.1) is 0 Å². The van der Waals surface area contributed by atoms with E-state index in [2.05, 4.69) is 5.32 Å². The first kappa shape index (κ1) is 22.2. The van der Waals surface area contributed by atoms with E-state index in [0.717, 1.165) is 18.9 Å². The molecule has 2 N–H and O–H groups in total. The standard InChI is InChI=1S/C23H23ClFN3O4/c24-17-10-15(11-18(25)13-17)14-26-21(30)23(32)6-9-28(22(23)31)19-5-3-4-16(12-19)20(29)27-7-1-2-8-27/h3-5,10-13,32H,1-2,6-9,14H2,(H,26,30)/t23-/m1/s1. The smallest absolute Gasteiger partial charge is 0.268 e. The van der Waals surface area contributed by atoms with Crippen molar-refractivity contribution in [2.75, 3.05) is 24.5 Å². The van der Waals surface area contributed by atoms with E-state index in [1.807, 2.05) is 0 Å². The van der Waals surface area contributed by atoms with Crippen molar-refractivity contribution in [2.24, 2.45) is 0 Å². The predicted octanol–water partition coefficient (Wildman–Crippen LogP) is 2.50. The molecule has 9 heteroatoms. The van der Waals surface area contributed by atoms with E-state index in [0.29, 0.717) is 29.9 Å². The van der Waals surface area contributed by atoms with Gasteiger partial charge in [-0.1, -0.05) is 17.7 Å². The molecule has 2 aliphatic rings. The predicted molar refractivity (Wildman–Crippen MR) is 117 cm³/mol. The largest absolute Gasteiger partial charge is 0.372 e. The summed E-state index contributed by atoms with van der Waals surface area (Å²) in [4.78, 5) is 41.4. The van der Waals surface area contributed by atoms with Crippen LogP contribution in [0.4, 0.5) is 10.1 Å². The molecule has 3 amide bonds. The number of hydrogen-bond donors (Lipinski definition) is 2. The van der Waals surface area contributed by atoms with Crippen LogP contribution in [0.25, 0.3) is 0 Å². The molecule has 2 saturated heterocycles. The average Bonchev–Trinajstić information content (AvgIpc) is 3.40. The summed E-state index contributed by atoms with van der Waals surface area (Å²) in [6.07, 6.45) is 1.84. The number of aliphatic hydroxyl groups is 1. The summed E-state index contributed by atoms with van der Waals surface area (Å²) in [5.41, 5.74) is -0.936. The van der Waals surface area contributed by atoms with Crippen LogP contribution in [0.1, 0.15) is 35.2 Å². The molecule has 2 aromatic rings. The third-order valence-corrected chi connectivity index (χ3v) is 6.06. The summed E-state index contributed by atoms with van der Waals surface area (Å²) in [6.45, 7) is 1.45. The van der Waals surface area contributed by atoms with Gasteiger partial charge in [0.15, 0.2) is 0 Å². The molecule has 0 aromatic heterocycles. The second kappa shape index (κ2) is 8.88. The Morgan fingerprint density at radius 3 is 2.59 bits per heavy atom. The van der Waals surface area contributed by atoms with Gasteiger partial charge in [-0.25, -0.2) is 4.39 Å². The molecule has 0 bridgehead atoms. The minimum Gasteiger partial charge on any atom is -0.372 e. The minimum atomic E-state index is -2.24. The van der Waals surface area contributed by atoms with Crippen LogP contribution >= 0.6 is 11.6 Å². The summed E-state index contributed by atoms with van der Waals surface area (Å²) in [6, 6.07) is 10.5. The number of likely N-dealkylation sites (tertiary alicyclic amines) is 1. The highest BCUT2D eigenvalue weighted by atomic mass is 35.5. The van der Waals surface area contributed by atoms with Gasteiger partial charge in [0.2, 0.25) is 5.60 Å². The van der Waals surface area contributed by atoms with Gasteiger partial charge in [-0.15, -0.1) is 0 Å². The molecule has 1 atom stereocenters. The maximum absolute atomic E-state index is 13.5. The molecule has 0 saturated carbocycles. The van der Waals surface area contributed by atoms with Crippen LogP contribution in [0.15, 0.2) is 42.5 Å². The summed E-state index contributed by atoms with van der Waals surface area (Å²) in [5.74, 6) is -2.28. The molecule has 2 heterocycles. The number of carbonyl (C=O) groups excluding carboxylic acids is 3. The van der Waals surface area contributed by atoms with E-state index in [4.69, 9.17) is 11.6 Å². The SMILES string of the molecule is O=C(c1cccc(N2CC[C@@](O)(C(=O)NCc3cc(F)cc(Cl)c3)C2=O)c1)N1CCCC1. The molecule has 32 heavy (non-hydrogen) atoms. The highest BCUT2D eigenvalue weighted by molar-refractivity contribution is 6.30. The quantitative estimate of drug-likeness (QED) is 0.672. The van der Waals surface area contributed by atoms with E-state index in [1.54, 1.807) is 29.2 Å². The summed E-state index contributed by atoms with van der Waals surface area (Å²) in [7, 11) is 0. The Bertz CT molecular complexity index is 1050. The second-order valence-electron chi connectivity index (χ2n) is 8.08. The third kappa shape index (κ3) is 4.33. The number of halogens is 2. The summed E-state index contributed by atoms with van der Waals surface area (Å²) >= 11 is 5.82. The second-order valence-corrected chi connectivity index (χ2v) is 8.51. The lowest BCUT2D eigenvalue weighted by molar-refractivity contribution is -0.149. The number of nitrogens with one attached hydrogen (secondary N) is 1. The van der Waals surface area contributed by atoms with Crippen molar-refractivity contribution < 1.29 is 23.9 Å². The van der Waals surface area contributed by atoms with Crippen LogP contribution in [0.5, 0.6) is 0 Å². The first-order valence-corrected chi connectivity index (χ1v) is 10.8. The van der Waals surface area contributed by atoms with Crippen molar-refractivity contribution >= 4 is 35.0 Å². The Balaban J connectivity index is 1.46. The van der Waals surface area contributed by atoms with Crippen LogP contribution in [0, 0.1) is 5.82 Å². The molecule has 168 valence electrons. The van der Waals surface area contributed by atoms with E-state index < -0.39 is 23.2 Å². The van der Waals surface area contributed by atoms with Crippen LogP contribution in [-0.4, -0.2) is 53.0 Å². The number of amides is 3. The van der Waals surface area contributed by atoms with Crippen molar-refractivity contribution in [3.05, 3.63) is 64.4 Å². The van der Waals surface area contributed by atoms with Crippen LogP contribution in [0.3, 0.4) is 0 Å². The van der Waals surface area contributed by atoms with E-state index in [9.17, 15) is 23.9 Å². The van der Waals surface area contributed by atoms with E-state index in [1.165, 1.54) is 17.0 Å². The number of rotatable bonds is 5. The third-order valence-electron chi connectivity index (χ3n) is 5.85. The fraction of sp³-hybridized carbons (Fsp3) is 0.348. The van der Waals surface area contributed by atoms with Crippen molar-refractivity contribution in [1.29, 1.82) is 0 Å². The normalized spacial score (nSPS) is 20.7. The topological polar surface area (TPSA) is 90.0 Å². The van der Waals surface area contributed by atoms with Gasteiger partial charge in [0.1, 0.15) is 5.82 Å². The molecule has 2 aromatic carbocycles. The molecule has 2 aliphatic heterocycles. The van der Waals surface area contributed by atoms with Crippen molar-refractivity contribution in [3.63, 3.8) is 0 Å². The number of carbonyl (C=O) groups is 3. The fourth-order valence-corrected chi connectivity index (χ4v) is 4.36. The maximum Gasteiger partial charge on any atom is 0.268 e. The Hall–Kier alpha value is -2.97. The van der Waals surface area contributed by atoms with Crippen LogP contribution < -0.4 is 10.2 Å². The molecule has 0 aliphatic carbocycles. The molecular weight excluding hydrogens is 437 g/mol. The van der Waals surface area contributed by atoms with Gasteiger partial charge >= 0.3 is 0 Å². The van der Waals surface area contributed by atoms with Crippen LogP contribution in [-0.2, 0) is 16.1 Å². The van der Waals surface area contributed by atoms with Gasteiger partial charge in [0, 0.05) is 48.9 Å².